The highest BCUT2D eigenvalue weighted by atomic mass is 35.5. The minimum Gasteiger partial charge on any atom is -0.396 e. The number of aliphatic hydroxyl groups excluding tert-OH is 1. The van der Waals surface area contributed by atoms with Crippen molar-refractivity contribution in [2.45, 2.75) is 0 Å². The van der Waals surface area contributed by atoms with Gasteiger partial charge in [-0.2, -0.15) is 0 Å². The SMILES string of the molecule is OCC1(CNc2ncnc3cc(-c4ccc(Cl)cc4)sc23)COC1. The van der Waals surface area contributed by atoms with E-state index in [1.165, 1.54) is 0 Å². The molecular formula is C17H16ClN3O2S. The number of hydrogen-bond donors (Lipinski definition) is 2. The van der Waals surface area contributed by atoms with E-state index in [0.717, 1.165) is 31.5 Å². The van der Waals surface area contributed by atoms with Crippen molar-refractivity contribution in [3.63, 3.8) is 0 Å². The summed E-state index contributed by atoms with van der Waals surface area (Å²) in [6.07, 6.45) is 1.56. The molecule has 2 N–H and O–H groups in total. The van der Waals surface area contributed by atoms with Crippen molar-refractivity contribution in [2.24, 2.45) is 5.41 Å². The Balaban J connectivity index is 1.63. The van der Waals surface area contributed by atoms with Crippen molar-refractivity contribution in [2.75, 3.05) is 31.7 Å². The summed E-state index contributed by atoms with van der Waals surface area (Å²) in [6, 6.07) is 9.83. The van der Waals surface area contributed by atoms with E-state index in [4.69, 9.17) is 16.3 Å². The first-order chi connectivity index (χ1) is 11.7. The predicted molar refractivity (Wildman–Crippen MR) is 96.7 cm³/mol. The van der Waals surface area contributed by atoms with Gasteiger partial charge in [0, 0.05) is 16.4 Å². The second-order valence-electron chi connectivity index (χ2n) is 6.06. The lowest BCUT2D eigenvalue weighted by Gasteiger charge is -2.39. The van der Waals surface area contributed by atoms with Crippen LogP contribution in [0.15, 0.2) is 36.7 Å². The summed E-state index contributed by atoms with van der Waals surface area (Å²) in [6.45, 7) is 1.88. The first kappa shape index (κ1) is 15.8. The third-order valence-corrected chi connectivity index (χ3v) is 5.65. The molecule has 1 saturated heterocycles. The van der Waals surface area contributed by atoms with Gasteiger partial charge in [-0.3, -0.25) is 0 Å². The van der Waals surface area contributed by atoms with Gasteiger partial charge in [-0.1, -0.05) is 23.7 Å². The number of benzene rings is 1. The van der Waals surface area contributed by atoms with Gasteiger partial charge >= 0.3 is 0 Å². The quantitative estimate of drug-likeness (QED) is 0.728. The van der Waals surface area contributed by atoms with Crippen LogP contribution in [-0.4, -0.2) is 41.4 Å². The van der Waals surface area contributed by atoms with Crippen LogP contribution in [0.4, 0.5) is 5.82 Å². The second kappa shape index (κ2) is 6.29. The lowest BCUT2D eigenvalue weighted by atomic mass is 9.87. The average Bonchev–Trinajstić information content (AvgIpc) is 3.00. The van der Waals surface area contributed by atoms with Crippen molar-refractivity contribution < 1.29 is 9.84 Å². The maximum absolute atomic E-state index is 9.54. The van der Waals surface area contributed by atoms with Gasteiger partial charge in [-0.05, 0) is 23.8 Å². The summed E-state index contributed by atoms with van der Waals surface area (Å²) >= 11 is 7.60. The first-order valence-electron chi connectivity index (χ1n) is 7.62. The summed E-state index contributed by atoms with van der Waals surface area (Å²) in [5.41, 5.74) is 1.81. The van der Waals surface area contributed by atoms with E-state index in [1.54, 1.807) is 17.7 Å². The van der Waals surface area contributed by atoms with E-state index in [0.29, 0.717) is 19.8 Å². The van der Waals surface area contributed by atoms with Crippen molar-refractivity contribution in [1.29, 1.82) is 0 Å². The zero-order valence-electron chi connectivity index (χ0n) is 12.8. The number of hydrogen-bond acceptors (Lipinski definition) is 6. The molecule has 0 atom stereocenters. The Labute approximate surface area is 148 Å². The van der Waals surface area contributed by atoms with Crippen LogP contribution in [0.25, 0.3) is 20.7 Å². The van der Waals surface area contributed by atoms with E-state index in [9.17, 15) is 5.11 Å². The van der Waals surface area contributed by atoms with Gasteiger partial charge in [-0.25, -0.2) is 9.97 Å². The number of ether oxygens (including phenoxy) is 1. The summed E-state index contributed by atoms with van der Waals surface area (Å²) in [7, 11) is 0. The molecule has 24 heavy (non-hydrogen) atoms. The molecule has 1 fully saturated rings. The van der Waals surface area contributed by atoms with Crippen molar-refractivity contribution in [3.05, 3.63) is 41.7 Å². The molecule has 1 aliphatic heterocycles. The molecule has 0 aliphatic carbocycles. The van der Waals surface area contributed by atoms with Gasteiger partial charge in [0.05, 0.1) is 35.5 Å². The molecule has 0 saturated carbocycles. The summed E-state index contributed by atoms with van der Waals surface area (Å²) in [5.74, 6) is 0.796. The fraction of sp³-hybridized carbons (Fsp3) is 0.294. The Hall–Kier alpha value is -1.73. The average molecular weight is 362 g/mol. The number of anilines is 1. The van der Waals surface area contributed by atoms with Gasteiger partial charge in [-0.15, -0.1) is 11.3 Å². The smallest absolute Gasteiger partial charge is 0.147 e. The molecule has 3 aromatic rings. The van der Waals surface area contributed by atoms with Gasteiger partial charge in [0.15, 0.2) is 0 Å². The molecule has 124 valence electrons. The number of nitrogens with one attached hydrogen (secondary N) is 1. The van der Waals surface area contributed by atoms with Crippen LogP contribution < -0.4 is 5.32 Å². The third-order valence-electron chi connectivity index (χ3n) is 4.22. The number of halogens is 1. The van der Waals surface area contributed by atoms with Crippen molar-refractivity contribution >= 4 is 39.0 Å². The van der Waals surface area contributed by atoms with E-state index in [-0.39, 0.29) is 12.0 Å². The van der Waals surface area contributed by atoms with Crippen molar-refractivity contribution in [1.82, 2.24) is 9.97 Å². The minimum absolute atomic E-state index is 0.106. The molecule has 0 unspecified atom stereocenters. The van der Waals surface area contributed by atoms with Crippen LogP contribution in [0.2, 0.25) is 5.02 Å². The number of thiophene rings is 1. The highest BCUT2D eigenvalue weighted by Crippen LogP contribution is 2.36. The first-order valence-corrected chi connectivity index (χ1v) is 8.82. The molecule has 1 aliphatic rings. The van der Waals surface area contributed by atoms with E-state index in [2.05, 4.69) is 21.4 Å². The summed E-state index contributed by atoms with van der Waals surface area (Å²) in [5, 5.41) is 13.6. The zero-order chi connectivity index (χ0) is 16.6. The second-order valence-corrected chi connectivity index (χ2v) is 7.55. The number of rotatable bonds is 5. The number of nitrogens with zero attached hydrogens (tertiary/aromatic N) is 2. The fourth-order valence-corrected chi connectivity index (χ4v) is 3.86. The number of fused-ring (bicyclic) bond motifs is 1. The van der Waals surface area contributed by atoms with Crippen LogP contribution in [0.5, 0.6) is 0 Å². The normalized spacial score (nSPS) is 16.1. The Morgan fingerprint density at radius 3 is 2.71 bits per heavy atom. The molecule has 0 amide bonds. The third kappa shape index (κ3) is 2.86. The van der Waals surface area contributed by atoms with Crippen molar-refractivity contribution in [3.8, 4) is 10.4 Å². The molecule has 2 aromatic heterocycles. The van der Waals surface area contributed by atoms with Gasteiger partial charge < -0.3 is 15.2 Å². The molecular weight excluding hydrogens is 346 g/mol. The van der Waals surface area contributed by atoms with E-state index in [1.807, 2.05) is 24.3 Å². The Kier molecular flexibility index (Phi) is 4.14. The molecule has 5 nitrogen and oxygen atoms in total. The van der Waals surface area contributed by atoms with Crippen LogP contribution in [0.3, 0.4) is 0 Å². The highest BCUT2D eigenvalue weighted by molar-refractivity contribution is 7.22. The molecule has 4 rings (SSSR count). The molecule has 1 aromatic carbocycles. The monoisotopic (exact) mass is 361 g/mol. The molecule has 7 heteroatoms. The molecule has 0 bridgehead atoms. The lowest BCUT2D eigenvalue weighted by molar-refractivity contribution is -0.128. The highest BCUT2D eigenvalue weighted by Gasteiger charge is 2.38. The summed E-state index contributed by atoms with van der Waals surface area (Å²) in [4.78, 5) is 9.85. The number of aromatic nitrogens is 2. The van der Waals surface area contributed by atoms with Crippen LogP contribution in [-0.2, 0) is 4.74 Å². The maximum atomic E-state index is 9.54. The minimum atomic E-state index is -0.201. The van der Waals surface area contributed by atoms with E-state index < -0.39 is 0 Å². The Morgan fingerprint density at radius 1 is 1.25 bits per heavy atom. The summed E-state index contributed by atoms with van der Waals surface area (Å²) < 4.78 is 6.25. The zero-order valence-corrected chi connectivity index (χ0v) is 14.4. The molecule has 0 spiro atoms. The Bertz CT molecular complexity index is 856. The Morgan fingerprint density at radius 2 is 2.04 bits per heavy atom. The fourth-order valence-electron chi connectivity index (χ4n) is 2.65. The standard InChI is InChI=1S/C17H16ClN3O2S/c18-12-3-1-11(2-4-12)14-5-13-15(24-14)16(21-10-20-13)19-6-17(7-22)8-23-9-17/h1-5,10,22H,6-9H2,(H,19,20,21). The van der Waals surface area contributed by atoms with Crippen LogP contribution in [0.1, 0.15) is 0 Å². The molecule has 0 radical (unpaired) electrons. The molecule has 3 heterocycles. The number of aliphatic hydroxyl groups is 1. The lowest BCUT2D eigenvalue weighted by Crippen LogP contribution is -2.50. The topological polar surface area (TPSA) is 67.3 Å². The van der Waals surface area contributed by atoms with Gasteiger partial charge in [0.1, 0.15) is 12.1 Å². The van der Waals surface area contributed by atoms with Gasteiger partial charge in [0.2, 0.25) is 0 Å². The van der Waals surface area contributed by atoms with E-state index >= 15 is 0 Å². The van der Waals surface area contributed by atoms with Gasteiger partial charge in [0.25, 0.3) is 0 Å². The predicted octanol–water partition coefficient (Wildman–Crippen LogP) is 3.43. The maximum Gasteiger partial charge on any atom is 0.147 e. The largest absolute Gasteiger partial charge is 0.396 e. The van der Waals surface area contributed by atoms with Crippen LogP contribution >= 0.6 is 22.9 Å². The van der Waals surface area contributed by atoms with Crippen LogP contribution in [0, 0.1) is 5.41 Å².